The molecule has 2 bridgehead atoms. The van der Waals surface area contributed by atoms with Gasteiger partial charge in [0, 0.05) is 25.3 Å². The Morgan fingerprint density at radius 2 is 1.97 bits per heavy atom. The first-order valence-electron chi connectivity index (χ1n) is 9.75. The molecule has 1 N–H and O–H groups in total. The molecule has 2 fully saturated rings. The van der Waals surface area contributed by atoms with Crippen molar-refractivity contribution < 1.29 is 38.4 Å². The van der Waals surface area contributed by atoms with Crippen LogP contribution in [0.1, 0.15) is 47.5 Å². The van der Waals surface area contributed by atoms with E-state index in [2.05, 4.69) is 6.58 Å². The van der Waals surface area contributed by atoms with Gasteiger partial charge in [-0.15, -0.1) is 0 Å². The third-order valence-corrected chi connectivity index (χ3v) is 5.78. The standard InChI is InChI=1S/C21H28O8/c1-10(2)18(23)28-15-8-20(6)9-16(26-13(5)22)21(25,29-20)11(3)7-14-17(15)12(4)19(24)27-14/h7,10,14-17,25H,4,8-9H2,1-3,5-6H3/b11-7+/t14-,15-,16+,17+,20?,21?/m1/s1. The van der Waals surface area contributed by atoms with Gasteiger partial charge in [0.1, 0.15) is 12.2 Å². The van der Waals surface area contributed by atoms with Crippen LogP contribution < -0.4 is 0 Å². The van der Waals surface area contributed by atoms with E-state index in [1.54, 1.807) is 33.8 Å². The summed E-state index contributed by atoms with van der Waals surface area (Å²) in [6.45, 7) is 11.9. The zero-order valence-electron chi connectivity index (χ0n) is 17.4. The number of esters is 3. The van der Waals surface area contributed by atoms with Crippen LogP contribution in [-0.2, 0) is 33.3 Å². The fourth-order valence-corrected chi connectivity index (χ4v) is 4.29. The lowest BCUT2D eigenvalue weighted by atomic mass is 9.81. The Kier molecular flexibility index (Phi) is 5.38. The summed E-state index contributed by atoms with van der Waals surface area (Å²) in [4.78, 5) is 36.2. The predicted octanol–water partition coefficient (Wildman–Crippen LogP) is 1.80. The molecule has 8 nitrogen and oxygen atoms in total. The fraction of sp³-hybridized carbons (Fsp3) is 0.667. The van der Waals surface area contributed by atoms with Crippen LogP contribution in [-0.4, -0.2) is 52.7 Å². The summed E-state index contributed by atoms with van der Waals surface area (Å²) >= 11 is 0. The molecule has 3 rings (SSSR count). The van der Waals surface area contributed by atoms with E-state index in [0.717, 1.165) is 0 Å². The van der Waals surface area contributed by atoms with Crippen LogP contribution in [0.15, 0.2) is 23.8 Å². The Morgan fingerprint density at radius 3 is 2.55 bits per heavy atom. The quantitative estimate of drug-likeness (QED) is 0.326. The molecule has 2 saturated heterocycles. The van der Waals surface area contributed by atoms with Crippen LogP contribution in [0.4, 0.5) is 0 Å². The monoisotopic (exact) mass is 408 g/mol. The molecule has 3 aliphatic heterocycles. The lowest BCUT2D eigenvalue weighted by Crippen LogP contribution is -2.43. The zero-order valence-corrected chi connectivity index (χ0v) is 17.4. The molecule has 8 heteroatoms. The average molecular weight is 408 g/mol. The third kappa shape index (κ3) is 3.83. The molecule has 160 valence electrons. The van der Waals surface area contributed by atoms with Gasteiger partial charge in [-0.3, -0.25) is 9.59 Å². The maximum absolute atomic E-state index is 12.4. The second kappa shape index (κ2) is 7.25. The zero-order chi connectivity index (χ0) is 21.7. The Balaban J connectivity index is 2.07. The third-order valence-electron chi connectivity index (χ3n) is 5.78. The van der Waals surface area contributed by atoms with Crippen LogP contribution >= 0.6 is 0 Å². The van der Waals surface area contributed by atoms with E-state index < -0.39 is 53.5 Å². The number of carbonyl (C=O) groups excluding carboxylic acids is 3. The van der Waals surface area contributed by atoms with Crippen LogP contribution in [0.2, 0.25) is 0 Å². The lowest BCUT2D eigenvalue weighted by Gasteiger charge is -2.33. The summed E-state index contributed by atoms with van der Waals surface area (Å²) < 4.78 is 22.5. The number of rotatable bonds is 3. The van der Waals surface area contributed by atoms with Crippen molar-refractivity contribution in [3.8, 4) is 0 Å². The molecule has 0 radical (unpaired) electrons. The van der Waals surface area contributed by atoms with E-state index in [1.165, 1.54) is 6.92 Å². The van der Waals surface area contributed by atoms with Crippen molar-refractivity contribution >= 4 is 17.9 Å². The highest BCUT2D eigenvalue weighted by atomic mass is 16.7. The van der Waals surface area contributed by atoms with Crippen molar-refractivity contribution in [1.82, 2.24) is 0 Å². The Morgan fingerprint density at radius 1 is 1.31 bits per heavy atom. The van der Waals surface area contributed by atoms with Crippen molar-refractivity contribution in [2.24, 2.45) is 11.8 Å². The van der Waals surface area contributed by atoms with Crippen LogP contribution in [0.3, 0.4) is 0 Å². The van der Waals surface area contributed by atoms with Crippen LogP contribution in [0.25, 0.3) is 0 Å². The van der Waals surface area contributed by atoms with E-state index >= 15 is 0 Å². The number of carbonyl (C=O) groups is 3. The number of aliphatic hydroxyl groups is 1. The highest BCUT2D eigenvalue weighted by Gasteiger charge is 2.60. The number of ether oxygens (including phenoxy) is 4. The van der Waals surface area contributed by atoms with Gasteiger partial charge in [-0.2, -0.15) is 0 Å². The smallest absolute Gasteiger partial charge is 0.334 e. The van der Waals surface area contributed by atoms with Crippen molar-refractivity contribution in [1.29, 1.82) is 0 Å². The highest BCUT2D eigenvalue weighted by Crippen LogP contribution is 2.49. The van der Waals surface area contributed by atoms with Gasteiger partial charge in [0.25, 0.3) is 0 Å². The molecule has 0 aliphatic carbocycles. The first-order valence-corrected chi connectivity index (χ1v) is 9.75. The van der Waals surface area contributed by atoms with Gasteiger partial charge in [0.15, 0.2) is 6.10 Å². The Hall–Kier alpha value is -2.19. The Bertz CT molecular complexity index is 784. The van der Waals surface area contributed by atoms with Crippen molar-refractivity contribution in [3.63, 3.8) is 0 Å². The van der Waals surface area contributed by atoms with Crippen molar-refractivity contribution in [2.75, 3.05) is 0 Å². The summed E-state index contributed by atoms with van der Waals surface area (Å²) in [5.74, 6) is -4.39. The molecule has 0 amide bonds. The molecule has 2 unspecified atom stereocenters. The van der Waals surface area contributed by atoms with Gasteiger partial charge >= 0.3 is 17.9 Å². The molecule has 3 aliphatic rings. The van der Waals surface area contributed by atoms with Crippen LogP contribution in [0, 0.1) is 11.8 Å². The SMILES string of the molecule is C=C1C(=O)O[C@@H]2/C=C(\C)C3(O)OC(C)(C[C@@H]3OC(C)=O)C[C@@H](OC(=O)C(C)C)[C@@H]12. The molecule has 0 saturated carbocycles. The molecule has 0 aromatic heterocycles. The molecule has 6 atom stereocenters. The summed E-state index contributed by atoms with van der Waals surface area (Å²) in [5.41, 5.74) is -0.418. The van der Waals surface area contributed by atoms with E-state index in [0.29, 0.717) is 5.57 Å². The molecule has 3 heterocycles. The van der Waals surface area contributed by atoms with E-state index in [1.807, 2.05) is 0 Å². The van der Waals surface area contributed by atoms with Crippen LogP contribution in [0.5, 0.6) is 0 Å². The molecule has 0 aromatic rings. The van der Waals surface area contributed by atoms with E-state index in [9.17, 15) is 19.5 Å². The first kappa shape index (κ1) is 21.5. The minimum Gasteiger partial charge on any atom is -0.461 e. The largest absolute Gasteiger partial charge is 0.461 e. The lowest BCUT2D eigenvalue weighted by molar-refractivity contribution is -0.232. The summed E-state index contributed by atoms with van der Waals surface area (Å²) in [5, 5.41) is 11.3. The normalized spacial score (nSPS) is 40.9. The van der Waals surface area contributed by atoms with Gasteiger partial charge in [-0.05, 0) is 25.5 Å². The van der Waals surface area contributed by atoms with Gasteiger partial charge in [0.2, 0.25) is 5.79 Å². The summed E-state index contributed by atoms with van der Waals surface area (Å²) in [6.07, 6.45) is -0.564. The average Bonchev–Trinajstić information content (AvgIpc) is 3.00. The minimum absolute atomic E-state index is 0.170. The molecule has 29 heavy (non-hydrogen) atoms. The predicted molar refractivity (Wildman–Crippen MR) is 100 cm³/mol. The van der Waals surface area contributed by atoms with Crippen molar-refractivity contribution in [3.05, 3.63) is 23.8 Å². The van der Waals surface area contributed by atoms with E-state index in [-0.39, 0.29) is 24.3 Å². The summed E-state index contributed by atoms with van der Waals surface area (Å²) in [6, 6.07) is 0. The number of hydrogen-bond donors (Lipinski definition) is 1. The Labute approximate surface area is 169 Å². The van der Waals surface area contributed by atoms with E-state index in [4.69, 9.17) is 18.9 Å². The topological polar surface area (TPSA) is 108 Å². The molecular weight excluding hydrogens is 380 g/mol. The minimum atomic E-state index is -1.88. The fourth-order valence-electron chi connectivity index (χ4n) is 4.29. The first-order chi connectivity index (χ1) is 13.4. The second-order valence-corrected chi connectivity index (χ2v) is 8.66. The molecular formula is C21H28O8. The summed E-state index contributed by atoms with van der Waals surface area (Å²) in [7, 11) is 0. The number of fused-ring (bicyclic) bond motifs is 3. The van der Waals surface area contributed by atoms with Gasteiger partial charge < -0.3 is 24.1 Å². The molecule has 0 spiro atoms. The van der Waals surface area contributed by atoms with Gasteiger partial charge in [-0.25, -0.2) is 4.79 Å². The maximum atomic E-state index is 12.4. The number of hydrogen-bond acceptors (Lipinski definition) is 8. The van der Waals surface area contributed by atoms with Crippen molar-refractivity contribution in [2.45, 2.75) is 77.2 Å². The molecule has 0 aromatic carbocycles. The van der Waals surface area contributed by atoms with Gasteiger partial charge in [0.05, 0.1) is 17.4 Å². The highest BCUT2D eigenvalue weighted by molar-refractivity contribution is 5.91. The second-order valence-electron chi connectivity index (χ2n) is 8.66. The maximum Gasteiger partial charge on any atom is 0.334 e. The van der Waals surface area contributed by atoms with Gasteiger partial charge in [-0.1, -0.05) is 20.4 Å².